The summed E-state index contributed by atoms with van der Waals surface area (Å²) in [6.45, 7) is 0.389. The molecule has 1 aliphatic carbocycles. The van der Waals surface area contributed by atoms with Crippen molar-refractivity contribution in [1.29, 1.82) is 0 Å². The topological polar surface area (TPSA) is 63.5 Å². The second-order valence-corrected chi connectivity index (χ2v) is 7.59. The van der Waals surface area contributed by atoms with Crippen molar-refractivity contribution in [3.05, 3.63) is 58.4 Å². The number of ketones is 1. The maximum Gasteiger partial charge on any atom is 0.220 e. The van der Waals surface area contributed by atoms with Gasteiger partial charge in [0.2, 0.25) is 5.91 Å². The monoisotopic (exact) mass is 367 g/mol. The molecule has 0 aliphatic heterocycles. The first-order valence-electron chi connectivity index (χ1n) is 9.02. The number of rotatable bonds is 6. The summed E-state index contributed by atoms with van der Waals surface area (Å²) in [5, 5.41) is 4.81. The molecule has 1 aromatic carbocycles. The van der Waals surface area contributed by atoms with Gasteiger partial charge in [-0.05, 0) is 42.9 Å². The fourth-order valence-corrected chi connectivity index (χ4v) is 4.14. The molecule has 2 heterocycles. The number of nitrogens with zero attached hydrogens (tertiary/aromatic N) is 2. The zero-order valence-corrected chi connectivity index (χ0v) is 15.3. The Morgan fingerprint density at radius 3 is 2.85 bits per heavy atom. The molecule has 5 nitrogen and oxygen atoms in total. The minimum Gasteiger partial charge on any atom is -0.350 e. The molecule has 1 N–H and O–H groups in total. The zero-order valence-electron chi connectivity index (χ0n) is 14.5. The fraction of sp³-hybridized carbons (Fsp3) is 0.350. The minimum atomic E-state index is -0.118. The molecule has 0 fully saturated rings. The summed E-state index contributed by atoms with van der Waals surface area (Å²) in [5.41, 5.74) is 4.22. The second-order valence-electron chi connectivity index (χ2n) is 6.72. The van der Waals surface area contributed by atoms with Gasteiger partial charge in [0.1, 0.15) is 0 Å². The lowest BCUT2D eigenvalue weighted by Gasteiger charge is -2.16. The molecule has 134 valence electrons. The highest BCUT2D eigenvalue weighted by Crippen LogP contribution is 2.23. The maximum absolute atomic E-state index is 12.4. The van der Waals surface area contributed by atoms with E-state index in [1.807, 2.05) is 34.3 Å². The van der Waals surface area contributed by atoms with Gasteiger partial charge in [-0.25, -0.2) is 4.98 Å². The van der Waals surface area contributed by atoms with Crippen LogP contribution in [0.15, 0.2) is 36.0 Å². The molecule has 2 aromatic heterocycles. The predicted molar refractivity (Wildman–Crippen MR) is 102 cm³/mol. The van der Waals surface area contributed by atoms with E-state index in [0.717, 1.165) is 29.1 Å². The Morgan fingerprint density at radius 2 is 2.00 bits per heavy atom. The number of aryl methyl sites for hydroxylation is 2. The summed E-state index contributed by atoms with van der Waals surface area (Å²) in [6, 6.07) is 6.00. The molecule has 26 heavy (non-hydrogen) atoms. The van der Waals surface area contributed by atoms with Gasteiger partial charge in [-0.2, -0.15) is 0 Å². The third-order valence-corrected chi connectivity index (χ3v) is 5.63. The number of benzene rings is 1. The second kappa shape index (κ2) is 7.41. The SMILES string of the molecule is O=C(CCC(=O)c1ccc2c(c1)CCCC2)NCc1cn2ccsc2n1. The lowest BCUT2D eigenvalue weighted by molar-refractivity contribution is -0.121. The number of aromatic nitrogens is 2. The Hall–Kier alpha value is -2.47. The lowest BCUT2D eigenvalue weighted by Crippen LogP contribution is -2.23. The van der Waals surface area contributed by atoms with Crippen molar-refractivity contribution in [1.82, 2.24) is 14.7 Å². The summed E-state index contributed by atoms with van der Waals surface area (Å²) < 4.78 is 1.94. The van der Waals surface area contributed by atoms with Crippen molar-refractivity contribution in [2.24, 2.45) is 0 Å². The van der Waals surface area contributed by atoms with Crippen LogP contribution in [0.4, 0.5) is 0 Å². The minimum absolute atomic E-state index is 0.0380. The Kier molecular flexibility index (Phi) is 4.84. The van der Waals surface area contributed by atoms with Gasteiger partial charge in [-0.3, -0.25) is 14.0 Å². The normalized spacial score (nSPS) is 13.5. The van der Waals surface area contributed by atoms with E-state index in [9.17, 15) is 9.59 Å². The molecule has 0 bridgehead atoms. The smallest absolute Gasteiger partial charge is 0.220 e. The quantitative estimate of drug-likeness (QED) is 0.678. The number of hydrogen-bond acceptors (Lipinski definition) is 4. The molecule has 1 amide bonds. The van der Waals surface area contributed by atoms with Crippen molar-refractivity contribution in [2.75, 3.05) is 0 Å². The Bertz CT molecular complexity index is 929. The molecule has 0 atom stereocenters. The van der Waals surface area contributed by atoms with Crippen molar-refractivity contribution in [3.63, 3.8) is 0 Å². The van der Waals surface area contributed by atoms with Gasteiger partial charge in [-0.15, -0.1) is 11.3 Å². The first-order chi connectivity index (χ1) is 12.7. The van der Waals surface area contributed by atoms with E-state index in [1.54, 1.807) is 11.3 Å². The van der Waals surface area contributed by atoms with E-state index in [2.05, 4.69) is 16.4 Å². The average Bonchev–Trinajstić information content (AvgIpc) is 3.25. The van der Waals surface area contributed by atoms with Gasteiger partial charge in [0.25, 0.3) is 0 Å². The van der Waals surface area contributed by atoms with Crippen LogP contribution < -0.4 is 5.32 Å². The first kappa shape index (κ1) is 17.0. The van der Waals surface area contributed by atoms with E-state index < -0.39 is 0 Å². The molecule has 1 aliphatic rings. The molecule has 6 heteroatoms. The van der Waals surface area contributed by atoms with Crippen molar-refractivity contribution in [2.45, 2.75) is 45.1 Å². The van der Waals surface area contributed by atoms with Crippen molar-refractivity contribution < 1.29 is 9.59 Å². The van der Waals surface area contributed by atoms with Crippen molar-refractivity contribution in [3.8, 4) is 0 Å². The zero-order chi connectivity index (χ0) is 17.9. The van der Waals surface area contributed by atoms with E-state index in [0.29, 0.717) is 6.54 Å². The molecule has 4 rings (SSSR count). The number of carbonyl (C=O) groups is 2. The van der Waals surface area contributed by atoms with Crippen LogP contribution in [0.3, 0.4) is 0 Å². The van der Waals surface area contributed by atoms with Crippen LogP contribution in [0.25, 0.3) is 4.96 Å². The summed E-state index contributed by atoms with van der Waals surface area (Å²) in [5.74, 6) is -0.0799. The average molecular weight is 367 g/mol. The highest BCUT2D eigenvalue weighted by Gasteiger charge is 2.14. The van der Waals surface area contributed by atoms with Gasteiger partial charge < -0.3 is 5.32 Å². The highest BCUT2D eigenvalue weighted by molar-refractivity contribution is 7.15. The number of hydrogen-bond donors (Lipinski definition) is 1. The number of imidazole rings is 1. The van der Waals surface area contributed by atoms with E-state index >= 15 is 0 Å². The standard InChI is InChI=1S/C20H21N3O2S/c24-18(16-6-5-14-3-1-2-4-15(14)11-16)7-8-19(25)21-12-17-13-23-9-10-26-20(23)22-17/h5-6,9-11,13H,1-4,7-8,12H2,(H,21,25). The third kappa shape index (κ3) is 3.70. The number of carbonyl (C=O) groups excluding carboxylic acids is 2. The third-order valence-electron chi connectivity index (χ3n) is 4.86. The molecule has 0 unspecified atom stereocenters. The molecule has 0 radical (unpaired) electrons. The van der Waals surface area contributed by atoms with Crippen LogP contribution in [0.2, 0.25) is 0 Å². The van der Waals surface area contributed by atoms with Crippen LogP contribution in [-0.2, 0) is 24.2 Å². The van der Waals surface area contributed by atoms with Gasteiger partial charge in [0, 0.05) is 36.2 Å². The van der Waals surface area contributed by atoms with Crippen LogP contribution in [0, 0.1) is 0 Å². The molecule has 0 saturated carbocycles. The lowest BCUT2D eigenvalue weighted by atomic mass is 9.89. The van der Waals surface area contributed by atoms with Crippen LogP contribution in [0.1, 0.15) is 52.9 Å². The predicted octanol–water partition coefficient (Wildman–Crippen LogP) is 3.55. The number of Topliss-reactive ketones (excluding diaryl/α,β-unsaturated/α-hetero) is 1. The summed E-state index contributed by atoms with van der Waals surface area (Å²) >= 11 is 1.56. The van der Waals surface area contributed by atoms with Gasteiger partial charge >= 0.3 is 0 Å². The largest absolute Gasteiger partial charge is 0.350 e. The van der Waals surface area contributed by atoms with Crippen molar-refractivity contribution >= 4 is 28.0 Å². The van der Waals surface area contributed by atoms with Gasteiger partial charge in [0.15, 0.2) is 10.7 Å². The van der Waals surface area contributed by atoms with Crippen LogP contribution >= 0.6 is 11.3 Å². The van der Waals surface area contributed by atoms with Gasteiger partial charge in [0.05, 0.1) is 12.2 Å². The van der Waals surface area contributed by atoms with E-state index in [4.69, 9.17) is 0 Å². The maximum atomic E-state index is 12.4. The molecule has 0 spiro atoms. The number of thiazole rings is 1. The van der Waals surface area contributed by atoms with Crippen LogP contribution in [0.5, 0.6) is 0 Å². The molecule has 0 saturated heterocycles. The summed E-state index contributed by atoms with van der Waals surface area (Å²) in [6.07, 6.45) is 8.88. The van der Waals surface area contributed by atoms with Crippen LogP contribution in [-0.4, -0.2) is 21.1 Å². The highest BCUT2D eigenvalue weighted by atomic mass is 32.1. The number of fused-ring (bicyclic) bond motifs is 2. The Balaban J connectivity index is 1.28. The molecular formula is C20H21N3O2S. The fourth-order valence-electron chi connectivity index (χ4n) is 3.42. The Labute approximate surface area is 156 Å². The summed E-state index contributed by atoms with van der Waals surface area (Å²) in [7, 11) is 0. The van der Waals surface area contributed by atoms with Gasteiger partial charge in [-0.1, -0.05) is 12.1 Å². The number of amides is 1. The number of nitrogens with one attached hydrogen (secondary N) is 1. The first-order valence-corrected chi connectivity index (χ1v) is 9.90. The molecule has 3 aromatic rings. The van der Waals surface area contributed by atoms with E-state index in [-0.39, 0.29) is 24.5 Å². The Morgan fingerprint density at radius 1 is 1.15 bits per heavy atom. The van der Waals surface area contributed by atoms with E-state index in [1.165, 1.54) is 24.0 Å². The summed E-state index contributed by atoms with van der Waals surface area (Å²) in [4.78, 5) is 29.8. The molecular weight excluding hydrogens is 346 g/mol.